The van der Waals surface area contributed by atoms with Crippen LogP contribution in [0.3, 0.4) is 0 Å². The van der Waals surface area contributed by atoms with Crippen molar-refractivity contribution in [3.63, 3.8) is 0 Å². The van der Waals surface area contributed by atoms with Crippen molar-refractivity contribution in [2.45, 2.75) is 20.8 Å². The molecule has 0 saturated heterocycles. The lowest BCUT2D eigenvalue weighted by Crippen LogP contribution is -2.12. The molecule has 0 aliphatic heterocycles. The summed E-state index contributed by atoms with van der Waals surface area (Å²) >= 11 is 0. The van der Waals surface area contributed by atoms with Crippen molar-refractivity contribution >= 4 is 23.1 Å². The van der Waals surface area contributed by atoms with Crippen LogP contribution in [0.4, 0.5) is 5.69 Å². The highest BCUT2D eigenvalue weighted by atomic mass is 16.5. The molecule has 2 heterocycles. The number of aromatic nitrogens is 2. The highest BCUT2D eigenvalue weighted by molar-refractivity contribution is 6.09. The van der Waals surface area contributed by atoms with Crippen LogP contribution in [0.15, 0.2) is 12.3 Å². The van der Waals surface area contributed by atoms with E-state index in [4.69, 9.17) is 10.5 Å². The van der Waals surface area contributed by atoms with Gasteiger partial charge in [0.1, 0.15) is 11.1 Å². The zero-order chi connectivity index (χ0) is 16.2. The van der Waals surface area contributed by atoms with Crippen molar-refractivity contribution in [1.29, 1.82) is 0 Å². The van der Waals surface area contributed by atoms with Gasteiger partial charge in [-0.3, -0.25) is 0 Å². The molecule has 0 saturated carbocycles. The van der Waals surface area contributed by atoms with Gasteiger partial charge in [-0.25, -0.2) is 14.1 Å². The third-order valence-electron chi connectivity index (χ3n) is 2.79. The minimum Gasteiger partial charge on any atom is -0.465 e. The number of esters is 2. The lowest BCUT2D eigenvalue weighted by molar-refractivity contribution is 0.0601. The van der Waals surface area contributed by atoms with Crippen molar-refractivity contribution in [2.75, 3.05) is 20.0 Å². The number of nitrogens with two attached hydrogens (primary N) is 1. The summed E-state index contributed by atoms with van der Waals surface area (Å²) < 4.78 is 10.8. The Labute approximate surface area is 122 Å². The quantitative estimate of drug-likeness (QED) is 0.848. The summed E-state index contributed by atoms with van der Waals surface area (Å²) in [5, 5.41) is 4.06. The van der Waals surface area contributed by atoms with Gasteiger partial charge < -0.3 is 15.2 Å². The number of carbonyl (C=O) groups is 2. The first kappa shape index (κ1) is 16.5. The van der Waals surface area contributed by atoms with Crippen molar-refractivity contribution in [1.82, 2.24) is 9.61 Å². The summed E-state index contributed by atoms with van der Waals surface area (Å²) in [5.74, 6) is -1.22. The van der Waals surface area contributed by atoms with E-state index in [2.05, 4.69) is 9.84 Å². The highest BCUT2D eigenvalue weighted by Gasteiger charge is 2.24. The maximum absolute atomic E-state index is 11.8. The topological polar surface area (TPSA) is 95.9 Å². The number of ether oxygens (including phenoxy) is 2. The third-order valence-corrected chi connectivity index (χ3v) is 2.79. The molecule has 0 bridgehead atoms. The second kappa shape index (κ2) is 6.74. The largest absolute Gasteiger partial charge is 0.465 e. The number of hydrogen-bond acceptors (Lipinski definition) is 6. The van der Waals surface area contributed by atoms with Crippen LogP contribution in [-0.4, -0.2) is 35.8 Å². The molecule has 114 valence electrons. The van der Waals surface area contributed by atoms with Gasteiger partial charge >= 0.3 is 11.9 Å². The van der Waals surface area contributed by atoms with E-state index in [-0.39, 0.29) is 22.3 Å². The predicted molar refractivity (Wildman–Crippen MR) is 78.4 cm³/mol. The molecule has 0 unspecified atom stereocenters. The number of fused-ring (bicyclic) bond motifs is 1. The van der Waals surface area contributed by atoms with Crippen LogP contribution in [0.5, 0.6) is 0 Å². The number of hydrogen-bond donors (Lipinski definition) is 1. The number of carbonyl (C=O) groups excluding carboxylic acids is 2. The molecule has 0 amide bonds. The fourth-order valence-corrected chi connectivity index (χ4v) is 1.93. The van der Waals surface area contributed by atoms with Crippen LogP contribution < -0.4 is 5.73 Å². The van der Waals surface area contributed by atoms with E-state index in [9.17, 15) is 9.59 Å². The lowest BCUT2D eigenvalue weighted by atomic mass is 10.1. The van der Waals surface area contributed by atoms with Gasteiger partial charge in [-0.15, -0.1) is 0 Å². The van der Waals surface area contributed by atoms with Gasteiger partial charge in [-0.1, -0.05) is 13.8 Å². The first-order valence-electron chi connectivity index (χ1n) is 6.44. The second-order valence-corrected chi connectivity index (χ2v) is 3.92. The van der Waals surface area contributed by atoms with Gasteiger partial charge in [-0.2, -0.15) is 5.10 Å². The molecule has 21 heavy (non-hydrogen) atoms. The Bertz CT molecular complexity index is 676. The third kappa shape index (κ3) is 2.81. The summed E-state index contributed by atoms with van der Waals surface area (Å²) in [6, 6.07) is 1.59. The smallest absolute Gasteiger partial charge is 0.342 e. The van der Waals surface area contributed by atoms with Gasteiger partial charge in [-0.05, 0) is 13.0 Å². The van der Waals surface area contributed by atoms with Crippen molar-refractivity contribution in [2.24, 2.45) is 0 Å². The average Bonchev–Trinajstić information content (AvgIpc) is 2.93. The maximum atomic E-state index is 11.8. The standard InChI is InChI=1S/C12H13N3O4.C2H6/c1-6-4-8(13)9(12(17)19-3)10-7(11(16)18-2)5-14-15(6)10;1-2/h4-5H,13H2,1-3H3;1-2H3. The summed E-state index contributed by atoms with van der Waals surface area (Å²) in [7, 11) is 2.50. The molecule has 0 fully saturated rings. The Balaban J connectivity index is 0.00000106. The fourth-order valence-electron chi connectivity index (χ4n) is 1.93. The van der Waals surface area contributed by atoms with Gasteiger partial charge in [0.2, 0.25) is 0 Å². The van der Waals surface area contributed by atoms with Crippen molar-refractivity contribution in [3.8, 4) is 0 Å². The molecule has 0 aromatic carbocycles. The van der Waals surface area contributed by atoms with Crippen LogP contribution in [0.1, 0.15) is 40.3 Å². The molecule has 0 spiro atoms. The molecule has 7 heteroatoms. The number of rotatable bonds is 2. The average molecular weight is 293 g/mol. The van der Waals surface area contributed by atoms with E-state index < -0.39 is 11.9 Å². The van der Waals surface area contributed by atoms with Gasteiger partial charge in [0.25, 0.3) is 0 Å². The minimum absolute atomic E-state index is 0.103. The van der Waals surface area contributed by atoms with Crippen LogP contribution in [0, 0.1) is 6.92 Å². The molecule has 2 aromatic heterocycles. The second-order valence-electron chi connectivity index (χ2n) is 3.92. The number of nitrogen functional groups attached to an aromatic ring is 1. The molecule has 0 aliphatic carbocycles. The molecular formula is C14H19N3O4. The molecule has 7 nitrogen and oxygen atoms in total. The zero-order valence-electron chi connectivity index (χ0n) is 12.8. The van der Waals surface area contributed by atoms with E-state index in [1.165, 1.54) is 24.9 Å². The van der Waals surface area contributed by atoms with Crippen LogP contribution >= 0.6 is 0 Å². The van der Waals surface area contributed by atoms with Crippen molar-refractivity contribution < 1.29 is 19.1 Å². The number of anilines is 1. The molecule has 0 aliphatic rings. The number of nitrogens with zero attached hydrogens (tertiary/aromatic N) is 2. The summed E-state index contributed by atoms with van der Waals surface area (Å²) in [4.78, 5) is 23.5. The number of aryl methyl sites for hydroxylation is 1. The van der Waals surface area contributed by atoms with Gasteiger partial charge in [0, 0.05) is 5.69 Å². The monoisotopic (exact) mass is 293 g/mol. The van der Waals surface area contributed by atoms with Crippen molar-refractivity contribution in [3.05, 3.63) is 29.1 Å². The molecule has 2 aromatic rings. The van der Waals surface area contributed by atoms with Gasteiger partial charge in [0.15, 0.2) is 0 Å². The van der Waals surface area contributed by atoms with Crippen LogP contribution in [-0.2, 0) is 9.47 Å². The Kier molecular flexibility index (Phi) is 5.29. The number of pyridine rings is 1. The zero-order valence-corrected chi connectivity index (χ0v) is 12.8. The lowest BCUT2D eigenvalue weighted by Gasteiger charge is -2.09. The first-order chi connectivity index (χ1) is 10.0. The highest BCUT2D eigenvalue weighted by Crippen LogP contribution is 2.25. The van der Waals surface area contributed by atoms with Gasteiger partial charge in [0.05, 0.1) is 31.6 Å². The van der Waals surface area contributed by atoms with Crippen LogP contribution in [0.2, 0.25) is 0 Å². The van der Waals surface area contributed by atoms with E-state index in [1.54, 1.807) is 13.0 Å². The number of methoxy groups -OCH3 is 2. The SMILES string of the molecule is CC.COC(=O)c1cnn2c(C)cc(N)c(C(=O)OC)c12. The van der Waals surface area contributed by atoms with E-state index >= 15 is 0 Å². The minimum atomic E-state index is -0.631. The predicted octanol–water partition coefficient (Wildman–Crippen LogP) is 1.82. The van der Waals surface area contributed by atoms with Crippen LogP contribution in [0.25, 0.3) is 5.52 Å². The summed E-state index contributed by atoms with van der Waals surface area (Å²) in [5.41, 5.74) is 7.31. The summed E-state index contributed by atoms with van der Waals surface area (Å²) in [6.45, 7) is 5.76. The molecule has 0 atom stereocenters. The molecule has 0 radical (unpaired) electrons. The molecular weight excluding hydrogens is 274 g/mol. The van der Waals surface area contributed by atoms with E-state index in [0.717, 1.165) is 0 Å². The Morgan fingerprint density at radius 3 is 2.29 bits per heavy atom. The Morgan fingerprint density at radius 1 is 1.19 bits per heavy atom. The van der Waals surface area contributed by atoms with E-state index in [1.807, 2.05) is 13.8 Å². The summed E-state index contributed by atoms with van der Waals surface area (Å²) in [6.07, 6.45) is 1.33. The Hall–Kier alpha value is -2.57. The normalized spacial score (nSPS) is 9.76. The van der Waals surface area contributed by atoms with E-state index in [0.29, 0.717) is 5.69 Å². The fraction of sp³-hybridized carbons (Fsp3) is 0.357. The first-order valence-corrected chi connectivity index (χ1v) is 6.44. The Morgan fingerprint density at radius 2 is 1.76 bits per heavy atom. The maximum Gasteiger partial charge on any atom is 0.342 e. The molecule has 2 rings (SSSR count). The molecule has 2 N–H and O–H groups in total.